The van der Waals surface area contributed by atoms with E-state index in [9.17, 15) is 9.59 Å². The van der Waals surface area contributed by atoms with Gasteiger partial charge in [0, 0.05) is 17.6 Å². The third-order valence-corrected chi connectivity index (χ3v) is 4.81. The Bertz CT molecular complexity index is 988. The lowest BCUT2D eigenvalue weighted by Gasteiger charge is -2.28. The van der Waals surface area contributed by atoms with Crippen molar-refractivity contribution in [1.29, 1.82) is 0 Å². The predicted molar refractivity (Wildman–Crippen MR) is 120 cm³/mol. The molecule has 32 heavy (non-hydrogen) atoms. The van der Waals surface area contributed by atoms with Gasteiger partial charge in [-0.05, 0) is 24.3 Å². The number of anilines is 3. The first-order valence-corrected chi connectivity index (χ1v) is 9.91. The molecule has 0 bridgehead atoms. The number of benzene rings is 2. The summed E-state index contributed by atoms with van der Waals surface area (Å²) in [6.07, 6.45) is 0. The molecular formula is C23H27N3O6. The van der Waals surface area contributed by atoms with Gasteiger partial charge in [-0.2, -0.15) is 0 Å². The summed E-state index contributed by atoms with van der Waals surface area (Å²) >= 11 is 0. The van der Waals surface area contributed by atoms with Crippen molar-refractivity contribution >= 4 is 40.7 Å². The molecule has 1 amide bonds. The average molecular weight is 441 g/mol. The van der Waals surface area contributed by atoms with Crippen molar-refractivity contribution in [2.75, 3.05) is 22.9 Å². The van der Waals surface area contributed by atoms with Crippen molar-refractivity contribution in [1.82, 2.24) is 0 Å². The van der Waals surface area contributed by atoms with Gasteiger partial charge in [0.05, 0.1) is 17.9 Å². The lowest BCUT2D eigenvalue weighted by molar-refractivity contribution is -0.159. The smallest absolute Gasteiger partial charge is 0.414 e. The van der Waals surface area contributed by atoms with Gasteiger partial charge in [0.2, 0.25) is 5.91 Å². The van der Waals surface area contributed by atoms with Gasteiger partial charge in [0.25, 0.3) is 0 Å². The molecule has 0 fully saturated rings. The van der Waals surface area contributed by atoms with Crippen molar-refractivity contribution in [2.45, 2.75) is 26.8 Å². The molecule has 2 aromatic carbocycles. The van der Waals surface area contributed by atoms with E-state index in [1.807, 2.05) is 80.3 Å². The maximum Gasteiger partial charge on any atom is 0.414 e. The van der Waals surface area contributed by atoms with E-state index in [0.717, 1.165) is 11.4 Å². The summed E-state index contributed by atoms with van der Waals surface area (Å²) in [5.41, 5.74) is 8.25. The van der Waals surface area contributed by atoms with Gasteiger partial charge in [0.15, 0.2) is 5.78 Å². The third-order valence-electron chi connectivity index (χ3n) is 4.81. The molecule has 9 heteroatoms. The molecule has 170 valence electrons. The topological polar surface area (TPSA) is 141 Å². The number of nitrogens with zero attached hydrogens (tertiary/aromatic N) is 2. The Balaban J connectivity index is 0.000000534. The summed E-state index contributed by atoms with van der Waals surface area (Å²) in [6, 6.07) is 16.8. The number of carboxylic acid groups (broad SMARTS) is 2. The van der Waals surface area contributed by atoms with Crippen LogP contribution in [0.1, 0.15) is 20.8 Å². The summed E-state index contributed by atoms with van der Waals surface area (Å²) in [5, 5.41) is 14.8. The highest BCUT2D eigenvalue weighted by Crippen LogP contribution is 2.37. The van der Waals surface area contributed by atoms with E-state index in [1.54, 1.807) is 0 Å². The first-order valence-electron chi connectivity index (χ1n) is 9.91. The highest BCUT2D eigenvalue weighted by molar-refractivity contribution is 6.27. The molecule has 0 aromatic heterocycles. The lowest BCUT2D eigenvalue weighted by Crippen LogP contribution is -2.49. The van der Waals surface area contributed by atoms with Crippen LogP contribution in [-0.2, 0) is 19.2 Å². The highest BCUT2D eigenvalue weighted by atomic mass is 16.4. The molecule has 0 spiro atoms. The van der Waals surface area contributed by atoms with E-state index in [-0.39, 0.29) is 18.2 Å². The van der Waals surface area contributed by atoms with Crippen molar-refractivity contribution < 1.29 is 29.4 Å². The summed E-state index contributed by atoms with van der Waals surface area (Å²) in [5.74, 6) is -3.88. The van der Waals surface area contributed by atoms with Gasteiger partial charge in [-0.3, -0.25) is 9.59 Å². The lowest BCUT2D eigenvalue weighted by atomic mass is 9.90. The van der Waals surface area contributed by atoms with Gasteiger partial charge in [-0.15, -0.1) is 0 Å². The summed E-state index contributed by atoms with van der Waals surface area (Å²) < 4.78 is 0. The monoisotopic (exact) mass is 441 g/mol. The van der Waals surface area contributed by atoms with Crippen molar-refractivity contribution in [3.63, 3.8) is 0 Å². The molecule has 1 heterocycles. The standard InChI is InChI=1S/C21H25N3O2.C2H2O4/c1-21(2,3)19(25)14-24-18-12-8-7-11-17(18)23(13-16(22)20(24)26)15-9-5-4-6-10-15;3-1(4)2(5)6/h4-12,16H,13-14,22H2,1-3H3;(H,3,4)(H,5,6)/t16-;/m1./s1. The van der Waals surface area contributed by atoms with Crippen LogP contribution in [0.5, 0.6) is 0 Å². The Hall–Kier alpha value is -3.72. The van der Waals surface area contributed by atoms with Crippen LogP contribution in [0.25, 0.3) is 0 Å². The summed E-state index contributed by atoms with van der Waals surface area (Å²) in [7, 11) is 0. The van der Waals surface area contributed by atoms with E-state index in [2.05, 4.69) is 0 Å². The molecular weight excluding hydrogens is 414 g/mol. The first kappa shape index (κ1) is 24.5. The van der Waals surface area contributed by atoms with Gasteiger partial charge in [-0.25, -0.2) is 9.59 Å². The molecule has 0 radical (unpaired) electrons. The predicted octanol–water partition coefficient (Wildman–Crippen LogP) is 2.27. The fraction of sp³-hybridized carbons (Fsp3) is 0.304. The van der Waals surface area contributed by atoms with Crippen LogP contribution < -0.4 is 15.5 Å². The normalized spacial score (nSPS) is 15.8. The quantitative estimate of drug-likeness (QED) is 0.616. The van der Waals surface area contributed by atoms with Crippen LogP contribution in [0, 0.1) is 5.41 Å². The van der Waals surface area contributed by atoms with Crippen LogP contribution in [-0.4, -0.2) is 53.0 Å². The zero-order chi connectivity index (χ0) is 24.1. The molecule has 0 aliphatic carbocycles. The number of aliphatic carboxylic acids is 2. The maximum absolute atomic E-state index is 13.0. The van der Waals surface area contributed by atoms with Crippen molar-refractivity contribution in [2.24, 2.45) is 11.1 Å². The molecule has 0 saturated carbocycles. The third kappa shape index (κ3) is 5.92. The van der Waals surface area contributed by atoms with Gasteiger partial charge in [-0.1, -0.05) is 51.1 Å². The summed E-state index contributed by atoms with van der Waals surface area (Å²) in [6.45, 7) is 5.97. The average Bonchev–Trinajstić information content (AvgIpc) is 2.84. The SMILES string of the molecule is CC(C)(C)C(=O)CN1C(=O)[C@H](N)CN(c2ccccc2)c2ccccc21.O=C(O)C(=O)O. The molecule has 4 N–H and O–H groups in total. The minimum atomic E-state index is -1.82. The van der Waals surface area contributed by atoms with E-state index in [4.69, 9.17) is 25.5 Å². The Morgan fingerprint density at radius 2 is 1.44 bits per heavy atom. The van der Waals surface area contributed by atoms with Crippen LogP contribution >= 0.6 is 0 Å². The fourth-order valence-corrected chi connectivity index (χ4v) is 3.01. The maximum atomic E-state index is 13.0. The molecule has 1 aliphatic heterocycles. The van der Waals surface area contributed by atoms with Gasteiger partial charge >= 0.3 is 11.9 Å². The zero-order valence-electron chi connectivity index (χ0n) is 18.2. The number of carbonyl (C=O) groups is 4. The number of rotatable bonds is 3. The van der Waals surface area contributed by atoms with E-state index in [0.29, 0.717) is 12.2 Å². The number of amides is 1. The molecule has 0 saturated heterocycles. The Morgan fingerprint density at radius 3 is 1.94 bits per heavy atom. The molecule has 9 nitrogen and oxygen atoms in total. The number of hydrogen-bond acceptors (Lipinski definition) is 6. The van der Waals surface area contributed by atoms with Crippen LogP contribution in [0.15, 0.2) is 54.6 Å². The van der Waals surface area contributed by atoms with Crippen molar-refractivity contribution in [3.8, 4) is 0 Å². The largest absolute Gasteiger partial charge is 0.473 e. The molecule has 0 unspecified atom stereocenters. The van der Waals surface area contributed by atoms with Crippen LogP contribution in [0.3, 0.4) is 0 Å². The minimum Gasteiger partial charge on any atom is -0.473 e. The molecule has 2 aromatic rings. The first-order chi connectivity index (χ1) is 14.9. The number of ketones is 1. The van der Waals surface area contributed by atoms with Gasteiger partial charge < -0.3 is 25.7 Å². The van der Waals surface area contributed by atoms with Gasteiger partial charge in [0.1, 0.15) is 6.04 Å². The molecule has 1 atom stereocenters. The second-order valence-corrected chi connectivity index (χ2v) is 8.25. The number of carbonyl (C=O) groups excluding carboxylic acids is 2. The molecule has 3 rings (SSSR count). The zero-order valence-corrected chi connectivity index (χ0v) is 18.2. The number of para-hydroxylation sites is 3. The fourth-order valence-electron chi connectivity index (χ4n) is 3.01. The second kappa shape index (κ2) is 10.1. The minimum absolute atomic E-state index is 0.000939. The molecule has 1 aliphatic rings. The van der Waals surface area contributed by atoms with Crippen molar-refractivity contribution in [3.05, 3.63) is 54.6 Å². The number of fused-ring (bicyclic) bond motifs is 1. The van der Waals surface area contributed by atoms with E-state index in [1.165, 1.54) is 4.90 Å². The second-order valence-electron chi connectivity index (χ2n) is 8.25. The number of Topliss-reactive ketones (excluding diaryl/α,β-unsaturated/α-hetero) is 1. The number of nitrogens with two attached hydrogens (primary N) is 1. The van der Waals surface area contributed by atoms with E-state index < -0.39 is 23.4 Å². The Morgan fingerprint density at radius 1 is 0.938 bits per heavy atom. The number of carboxylic acids is 2. The number of hydrogen-bond donors (Lipinski definition) is 3. The Kier molecular flexibility index (Phi) is 7.72. The Labute approximate surface area is 186 Å². The summed E-state index contributed by atoms with van der Waals surface area (Å²) in [4.78, 5) is 47.4. The highest BCUT2D eigenvalue weighted by Gasteiger charge is 2.35. The van der Waals surface area contributed by atoms with E-state index >= 15 is 0 Å². The van der Waals surface area contributed by atoms with Crippen LogP contribution in [0.2, 0.25) is 0 Å². The van der Waals surface area contributed by atoms with Crippen LogP contribution in [0.4, 0.5) is 17.1 Å².